The van der Waals surface area contributed by atoms with Crippen LogP contribution in [0.5, 0.6) is 0 Å². The molecule has 0 radical (unpaired) electrons. The van der Waals surface area contributed by atoms with Gasteiger partial charge in [0.05, 0.1) is 11.6 Å². The van der Waals surface area contributed by atoms with Gasteiger partial charge in [-0.15, -0.1) is 0 Å². The number of aromatic nitrogens is 1. The van der Waals surface area contributed by atoms with Gasteiger partial charge in [0.1, 0.15) is 0 Å². The van der Waals surface area contributed by atoms with Crippen molar-refractivity contribution in [1.29, 1.82) is 0 Å². The Morgan fingerprint density at radius 2 is 2.17 bits per heavy atom. The Balaban J connectivity index is 1.60. The molecule has 1 aliphatic rings. The molecule has 2 aromatic rings. The van der Waals surface area contributed by atoms with Crippen molar-refractivity contribution in [2.24, 2.45) is 5.92 Å². The molecule has 1 saturated carbocycles. The van der Waals surface area contributed by atoms with Crippen LogP contribution >= 0.6 is 0 Å². The van der Waals surface area contributed by atoms with Crippen LogP contribution in [0.4, 0.5) is 0 Å². The van der Waals surface area contributed by atoms with E-state index in [1.807, 2.05) is 24.4 Å². The van der Waals surface area contributed by atoms with Crippen LogP contribution in [0, 0.1) is 5.92 Å². The molecule has 1 heterocycles. The average molecular weight is 242 g/mol. The quantitative estimate of drug-likeness (QED) is 0.844. The second kappa shape index (κ2) is 5.04. The molecule has 0 aliphatic heterocycles. The molecular formula is C15H18N2O. The van der Waals surface area contributed by atoms with Gasteiger partial charge < -0.3 is 10.4 Å². The van der Waals surface area contributed by atoms with Crippen molar-refractivity contribution >= 4 is 10.9 Å². The topological polar surface area (TPSA) is 45.1 Å². The minimum absolute atomic E-state index is 0.182. The molecule has 0 spiro atoms. The number of nitrogens with one attached hydrogen (secondary N) is 1. The Labute approximate surface area is 107 Å². The molecule has 94 valence electrons. The number of aliphatic hydroxyl groups is 1. The fourth-order valence-corrected chi connectivity index (χ4v) is 2.23. The average Bonchev–Trinajstić information content (AvgIpc) is 3.23. The minimum atomic E-state index is -0.182. The Morgan fingerprint density at radius 1 is 1.33 bits per heavy atom. The minimum Gasteiger partial charge on any atom is -0.392 e. The summed E-state index contributed by atoms with van der Waals surface area (Å²) in [5.41, 5.74) is 2.19. The predicted molar refractivity (Wildman–Crippen MR) is 72.2 cm³/mol. The van der Waals surface area contributed by atoms with Crippen LogP contribution in [0.15, 0.2) is 36.5 Å². The second-order valence-electron chi connectivity index (χ2n) is 5.07. The van der Waals surface area contributed by atoms with E-state index < -0.39 is 0 Å². The molecule has 1 aromatic carbocycles. The highest BCUT2D eigenvalue weighted by atomic mass is 16.3. The Kier molecular flexibility index (Phi) is 3.26. The third kappa shape index (κ3) is 2.68. The van der Waals surface area contributed by atoms with Gasteiger partial charge in [0.15, 0.2) is 0 Å². The molecule has 18 heavy (non-hydrogen) atoms. The standard InChI is InChI=1S/C15H18N2O/c18-15(12-5-6-12)10-16-8-11-7-13-3-1-2-4-14(13)17-9-11/h1-4,7,9,12,15-16,18H,5-6,8,10H2. The molecule has 3 rings (SSSR count). The van der Waals surface area contributed by atoms with Crippen LogP contribution in [0.25, 0.3) is 10.9 Å². The highest BCUT2D eigenvalue weighted by Gasteiger charge is 2.28. The summed E-state index contributed by atoms with van der Waals surface area (Å²) in [7, 11) is 0. The van der Waals surface area contributed by atoms with Gasteiger partial charge in [0.2, 0.25) is 0 Å². The van der Waals surface area contributed by atoms with E-state index in [0.29, 0.717) is 12.5 Å². The maximum atomic E-state index is 9.76. The zero-order valence-electron chi connectivity index (χ0n) is 10.3. The van der Waals surface area contributed by atoms with Crippen molar-refractivity contribution < 1.29 is 5.11 Å². The first-order valence-corrected chi connectivity index (χ1v) is 6.55. The lowest BCUT2D eigenvalue weighted by Crippen LogP contribution is -2.27. The van der Waals surface area contributed by atoms with Gasteiger partial charge in [-0.1, -0.05) is 18.2 Å². The number of pyridine rings is 1. The Morgan fingerprint density at radius 3 is 3.00 bits per heavy atom. The van der Waals surface area contributed by atoms with Gasteiger partial charge in [-0.3, -0.25) is 4.98 Å². The normalized spacial score (nSPS) is 16.9. The highest BCUT2D eigenvalue weighted by Crippen LogP contribution is 2.32. The maximum absolute atomic E-state index is 9.76. The number of rotatable bonds is 5. The monoisotopic (exact) mass is 242 g/mol. The number of para-hydroxylation sites is 1. The lowest BCUT2D eigenvalue weighted by atomic mass is 10.1. The van der Waals surface area contributed by atoms with Crippen LogP contribution < -0.4 is 5.32 Å². The van der Waals surface area contributed by atoms with Gasteiger partial charge >= 0.3 is 0 Å². The number of aliphatic hydroxyl groups excluding tert-OH is 1. The van der Waals surface area contributed by atoms with Crippen molar-refractivity contribution in [2.75, 3.05) is 6.54 Å². The molecule has 3 heteroatoms. The van der Waals surface area contributed by atoms with Crippen LogP contribution in [-0.4, -0.2) is 22.7 Å². The Hall–Kier alpha value is -1.45. The summed E-state index contributed by atoms with van der Waals surface area (Å²) in [6.07, 6.45) is 4.08. The van der Waals surface area contributed by atoms with E-state index in [1.165, 1.54) is 18.2 Å². The molecule has 1 fully saturated rings. The lowest BCUT2D eigenvalue weighted by molar-refractivity contribution is 0.148. The van der Waals surface area contributed by atoms with Gasteiger partial charge in [0.25, 0.3) is 0 Å². The van der Waals surface area contributed by atoms with E-state index in [0.717, 1.165) is 17.6 Å². The van der Waals surface area contributed by atoms with Gasteiger partial charge in [-0.25, -0.2) is 0 Å². The zero-order valence-corrected chi connectivity index (χ0v) is 10.3. The predicted octanol–water partition coefficient (Wildman–Crippen LogP) is 2.10. The summed E-state index contributed by atoms with van der Waals surface area (Å²) in [6.45, 7) is 1.44. The first-order chi connectivity index (χ1) is 8.83. The zero-order chi connectivity index (χ0) is 12.4. The maximum Gasteiger partial charge on any atom is 0.0702 e. The summed E-state index contributed by atoms with van der Waals surface area (Å²) < 4.78 is 0. The van der Waals surface area contributed by atoms with E-state index in [9.17, 15) is 5.11 Å². The van der Waals surface area contributed by atoms with E-state index in [2.05, 4.69) is 22.4 Å². The summed E-state index contributed by atoms with van der Waals surface area (Å²) in [5.74, 6) is 0.534. The van der Waals surface area contributed by atoms with Gasteiger partial charge in [-0.2, -0.15) is 0 Å². The molecule has 1 atom stereocenters. The molecule has 2 N–H and O–H groups in total. The van der Waals surface area contributed by atoms with Gasteiger partial charge in [0, 0.05) is 24.7 Å². The Bertz CT molecular complexity index is 537. The van der Waals surface area contributed by atoms with E-state index in [1.54, 1.807) is 0 Å². The number of fused-ring (bicyclic) bond motifs is 1. The van der Waals surface area contributed by atoms with Crippen LogP contribution in [0.3, 0.4) is 0 Å². The number of hydrogen-bond donors (Lipinski definition) is 2. The summed E-state index contributed by atoms with van der Waals surface area (Å²) in [4.78, 5) is 4.42. The van der Waals surface area contributed by atoms with Crippen molar-refractivity contribution in [3.8, 4) is 0 Å². The molecule has 0 saturated heterocycles. The van der Waals surface area contributed by atoms with E-state index in [4.69, 9.17) is 0 Å². The highest BCUT2D eigenvalue weighted by molar-refractivity contribution is 5.78. The van der Waals surface area contributed by atoms with Crippen LogP contribution in [0.1, 0.15) is 18.4 Å². The SMILES string of the molecule is OC(CNCc1cnc2ccccc2c1)C1CC1. The van der Waals surface area contributed by atoms with Crippen molar-refractivity contribution in [2.45, 2.75) is 25.5 Å². The van der Waals surface area contributed by atoms with Crippen LogP contribution in [0.2, 0.25) is 0 Å². The van der Waals surface area contributed by atoms with E-state index in [-0.39, 0.29) is 6.10 Å². The molecule has 1 aromatic heterocycles. The summed E-state index contributed by atoms with van der Waals surface area (Å²) in [5, 5.41) is 14.2. The molecule has 1 aliphatic carbocycles. The third-order valence-electron chi connectivity index (χ3n) is 3.50. The fourth-order valence-electron chi connectivity index (χ4n) is 2.23. The largest absolute Gasteiger partial charge is 0.392 e. The van der Waals surface area contributed by atoms with Crippen molar-refractivity contribution in [3.05, 3.63) is 42.1 Å². The summed E-state index contributed by atoms with van der Waals surface area (Å²) >= 11 is 0. The number of benzene rings is 1. The second-order valence-corrected chi connectivity index (χ2v) is 5.07. The van der Waals surface area contributed by atoms with Gasteiger partial charge in [-0.05, 0) is 36.5 Å². The molecule has 3 nitrogen and oxygen atoms in total. The summed E-state index contributed by atoms with van der Waals surface area (Å²) in [6, 6.07) is 10.3. The number of hydrogen-bond acceptors (Lipinski definition) is 3. The van der Waals surface area contributed by atoms with E-state index >= 15 is 0 Å². The molecule has 0 amide bonds. The van der Waals surface area contributed by atoms with Crippen molar-refractivity contribution in [1.82, 2.24) is 10.3 Å². The molecular weight excluding hydrogens is 224 g/mol. The molecule has 1 unspecified atom stereocenters. The first-order valence-electron chi connectivity index (χ1n) is 6.55. The smallest absolute Gasteiger partial charge is 0.0702 e. The third-order valence-corrected chi connectivity index (χ3v) is 3.50. The fraction of sp³-hybridized carbons (Fsp3) is 0.400. The number of nitrogens with zero attached hydrogens (tertiary/aromatic N) is 1. The lowest BCUT2D eigenvalue weighted by Gasteiger charge is -2.10. The van der Waals surface area contributed by atoms with Crippen LogP contribution in [-0.2, 0) is 6.54 Å². The molecule has 0 bridgehead atoms. The van der Waals surface area contributed by atoms with Crippen molar-refractivity contribution in [3.63, 3.8) is 0 Å². The first kappa shape index (κ1) is 11.6.